The summed E-state index contributed by atoms with van der Waals surface area (Å²) in [4.78, 5) is 8.83. The minimum Gasteiger partial charge on any atom is -0.504 e. The van der Waals surface area contributed by atoms with Gasteiger partial charge in [-0.05, 0) is 37.3 Å². The predicted molar refractivity (Wildman–Crippen MR) is 100 cm³/mol. The summed E-state index contributed by atoms with van der Waals surface area (Å²) in [5.41, 5.74) is 1.42. The van der Waals surface area contributed by atoms with E-state index in [-0.39, 0.29) is 5.75 Å². The molecule has 1 N–H and O–H groups in total. The molecule has 0 saturated heterocycles. The van der Waals surface area contributed by atoms with Gasteiger partial charge in [-0.3, -0.25) is 0 Å². The van der Waals surface area contributed by atoms with E-state index in [0.717, 1.165) is 20.4 Å². The number of methoxy groups -OCH3 is 1. The SMILES string of the molecule is CCOc1cc(Br)cc(C=Nc2nc3ccc(OC)cc3s2)c1O. The Bertz CT molecular complexity index is 908. The van der Waals surface area contributed by atoms with Gasteiger partial charge in [0.1, 0.15) is 5.75 Å². The first kappa shape index (κ1) is 16.7. The highest BCUT2D eigenvalue weighted by Gasteiger charge is 2.09. The lowest BCUT2D eigenvalue weighted by Crippen LogP contribution is -1.94. The molecule has 124 valence electrons. The molecule has 24 heavy (non-hydrogen) atoms. The molecule has 0 amide bonds. The van der Waals surface area contributed by atoms with Gasteiger partial charge in [-0.25, -0.2) is 9.98 Å². The first-order valence-corrected chi connectivity index (χ1v) is 8.85. The van der Waals surface area contributed by atoms with Gasteiger partial charge < -0.3 is 14.6 Å². The number of rotatable bonds is 5. The first-order valence-electron chi connectivity index (χ1n) is 7.24. The average Bonchev–Trinajstić information content (AvgIpc) is 2.98. The van der Waals surface area contributed by atoms with Crippen molar-refractivity contribution in [3.05, 3.63) is 40.4 Å². The van der Waals surface area contributed by atoms with Crippen molar-refractivity contribution in [2.75, 3.05) is 13.7 Å². The summed E-state index contributed by atoms with van der Waals surface area (Å²) in [5.74, 6) is 1.27. The number of thiazole rings is 1. The van der Waals surface area contributed by atoms with Crippen molar-refractivity contribution >= 4 is 48.8 Å². The van der Waals surface area contributed by atoms with Gasteiger partial charge >= 0.3 is 0 Å². The molecule has 5 nitrogen and oxygen atoms in total. The highest BCUT2D eigenvalue weighted by molar-refractivity contribution is 9.10. The molecule has 0 atom stereocenters. The maximum atomic E-state index is 10.3. The molecule has 1 aromatic heterocycles. The zero-order valence-electron chi connectivity index (χ0n) is 13.1. The monoisotopic (exact) mass is 406 g/mol. The van der Waals surface area contributed by atoms with Gasteiger partial charge in [-0.2, -0.15) is 0 Å². The molecule has 0 aliphatic rings. The van der Waals surface area contributed by atoms with Gasteiger partial charge in [0.15, 0.2) is 11.5 Å². The van der Waals surface area contributed by atoms with Gasteiger partial charge in [-0.1, -0.05) is 27.3 Å². The van der Waals surface area contributed by atoms with Crippen molar-refractivity contribution in [3.8, 4) is 17.2 Å². The van der Waals surface area contributed by atoms with E-state index in [1.807, 2.05) is 25.1 Å². The molecule has 0 bridgehead atoms. The van der Waals surface area contributed by atoms with Gasteiger partial charge in [-0.15, -0.1) is 0 Å². The highest BCUT2D eigenvalue weighted by atomic mass is 79.9. The third-order valence-corrected chi connectivity index (χ3v) is 4.65. The minimum atomic E-state index is 0.0616. The van der Waals surface area contributed by atoms with Crippen LogP contribution in [0.25, 0.3) is 10.2 Å². The van der Waals surface area contributed by atoms with E-state index < -0.39 is 0 Å². The zero-order valence-corrected chi connectivity index (χ0v) is 15.5. The Morgan fingerprint density at radius 2 is 2.17 bits per heavy atom. The highest BCUT2D eigenvalue weighted by Crippen LogP contribution is 2.34. The summed E-state index contributed by atoms with van der Waals surface area (Å²) in [6, 6.07) is 9.19. The molecular weight excluding hydrogens is 392 g/mol. The lowest BCUT2D eigenvalue weighted by Gasteiger charge is -2.08. The smallest absolute Gasteiger partial charge is 0.210 e. The summed E-state index contributed by atoms with van der Waals surface area (Å²) in [6.45, 7) is 2.34. The number of aliphatic imine (C=N–C) groups is 1. The minimum absolute atomic E-state index is 0.0616. The summed E-state index contributed by atoms with van der Waals surface area (Å²) < 4.78 is 12.4. The molecule has 0 radical (unpaired) electrons. The molecule has 2 aromatic carbocycles. The van der Waals surface area contributed by atoms with Crippen LogP contribution in [0.3, 0.4) is 0 Å². The van der Waals surface area contributed by atoms with Crippen molar-refractivity contribution in [2.24, 2.45) is 4.99 Å². The molecule has 0 spiro atoms. The van der Waals surface area contributed by atoms with Gasteiger partial charge in [0, 0.05) is 16.3 Å². The number of phenolic OH excluding ortho intramolecular Hbond substituents is 1. The number of halogens is 1. The Balaban J connectivity index is 1.93. The number of hydrogen-bond acceptors (Lipinski definition) is 6. The fourth-order valence-electron chi connectivity index (χ4n) is 2.16. The zero-order chi connectivity index (χ0) is 17.1. The van der Waals surface area contributed by atoms with Crippen LogP contribution in [-0.4, -0.2) is 30.0 Å². The molecule has 0 saturated carbocycles. The average molecular weight is 407 g/mol. The second-order valence-electron chi connectivity index (χ2n) is 4.86. The molecule has 3 rings (SSSR count). The van der Waals surface area contributed by atoms with E-state index in [1.54, 1.807) is 25.5 Å². The number of aromatic hydroxyl groups is 1. The largest absolute Gasteiger partial charge is 0.504 e. The number of phenols is 1. The second kappa shape index (κ2) is 7.19. The van der Waals surface area contributed by atoms with Crippen LogP contribution < -0.4 is 9.47 Å². The van der Waals surface area contributed by atoms with Crippen LogP contribution in [-0.2, 0) is 0 Å². The molecule has 3 aromatic rings. The van der Waals surface area contributed by atoms with Gasteiger partial charge in [0.2, 0.25) is 5.13 Å². The lowest BCUT2D eigenvalue weighted by molar-refractivity contribution is 0.317. The fourth-order valence-corrected chi connectivity index (χ4v) is 3.45. The van der Waals surface area contributed by atoms with Crippen LogP contribution in [0.2, 0.25) is 0 Å². The molecule has 0 aliphatic heterocycles. The number of ether oxygens (including phenoxy) is 2. The maximum absolute atomic E-state index is 10.3. The number of nitrogens with zero attached hydrogens (tertiary/aromatic N) is 2. The Morgan fingerprint density at radius 3 is 2.92 bits per heavy atom. The van der Waals surface area contributed by atoms with E-state index in [4.69, 9.17) is 9.47 Å². The molecule has 0 unspecified atom stereocenters. The van der Waals surface area contributed by atoms with Gasteiger partial charge in [0.05, 0.1) is 23.9 Å². The molecule has 7 heteroatoms. The van der Waals surface area contributed by atoms with E-state index in [1.165, 1.54) is 11.3 Å². The normalized spacial score (nSPS) is 11.3. The number of hydrogen-bond donors (Lipinski definition) is 1. The third kappa shape index (κ3) is 3.52. The second-order valence-corrected chi connectivity index (χ2v) is 6.79. The van der Waals surface area contributed by atoms with Crippen molar-refractivity contribution in [3.63, 3.8) is 0 Å². The van der Waals surface area contributed by atoms with Crippen molar-refractivity contribution in [1.29, 1.82) is 0 Å². The van der Waals surface area contributed by atoms with Crippen molar-refractivity contribution < 1.29 is 14.6 Å². The molecule has 0 aliphatic carbocycles. The van der Waals surface area contributed by atoms with E-state index in [0.29, 0.717) is 23.1 Å². The van der Waals surface area contributed by atoms with Crippen molar-refractivity contribution in [1.82, 2.24) is 4.98 Å². The maximum Gasteiger partial charge on any atom is 0.210 e. The number of fused-ring (bicyclic) bond motifs is 1. The van der Waals surface area contributed by atoms with Crippen LogP contribution in [0.4, 0.5) is 5.13 Å². The molecular formula is C17H15BrN2O3S. The number of aromatic nitrogens is 1. The third-order valence-electron chi connectivity index (χ3n) is 3.27. The van der Waals surface area contributed by atoms with Crippen LogP contribution in [0.15, 0.2) is 39.8 Å². The van der Waals surface area contributed by atoms with Crippen LogP contribution >= 0.6 is 27.3 Å². The Labute approximate surface area is 151 Å². The Kier molecular flexibility index (Phi) is 5.01. The van der Waals surface area contributed by atoms with Crippen LogP contribution in [0, 0.1) is 0 Å². The fraction of sp³-hybridized carbons (Fsp3) is 0.176. The van der Waals surface area contributed by atoms with E-state index in [9.17, 15) is 5.11 Å². The quantitative estimate of drug-likeness (QED) is 0.610. The topological polar surface area (TPSA) is 63.9 Å². The van der Waals surface area contributed by atoms with Crippen LogP contribution in [0.1, 0.15) is 12.5 Å². The lowest BCUT2D eigenvalue weighted by atomic mass is 10.2. The standard InChI is InChI=1S/C17H15BrN2O3S/c1-3-23-14-7-11(18)6-10(16(14)21)9-19-17-20-13-5-4-12(22-2)8-15(13)24-17/h4-9,21H,3H2,1-2H3. The summed E-state index contributed by atoms with van der Waals surface area (Å²) in [6.07, 6.45) is 1.58. The molecule has 1 heterocycles. The van der Waals surface area contributed by atoms with Crippen LogP contribution in [0.5, 0.6) is 17.2 Å². The molecule has 0 fully saturated rings. The number of benzene rings is 2. The summed E-state index contributed by atoms with van der Waals surface area (Å²) >= 11 is 4.86. The summed E-state index contributed by atoms with van der Waals surface area (Å²) in [5, 5.41) is 10.9. The van der Waals surface area contributed by atoms with Crippen molar-refractivity contribution in [2.45, 2.75) is 6.92 Å². The Hall–Kier alpha value is -2.12. The predicted octanol–water partition coefficient (Wildman–Crippen LogP) is 4.92. The Morgan fingerprint density at radius 1 is 1.33 bits per heavy atom. The first-order chi connectivity index (χ1) is 11.6. The van der Waals surface area contributed by atoms with Gasteiger partial charge in [0.25, 0.3) is 0 Å². The summed E-state index contributed by atoms with van der Waals surface area (Å²) in [7, 11) is 1.63. The van der Waals surface area contributed by atoms with E-state index in [2.05, 4.69) is 25.9 Å². The van der Waals surface area contributed by atoms with E-state index >= 15 is 0 Å².